The summed E-state index contributed by atoms with van der Waals surface area (Å²) >= 11 is 0. The molecule has 0 saturated carbocycles. The molecule has 0 atom stereocenters. The number of rotatable bonds is 2. The minimum Gasteiger partial charge on any atom is -0.296 e. The number of nitrogens with zero attached hydrogens (tertiary/aromatic N) is 3. The van der Waals surface area contributed by atoms with E-state index in [1.165, 1.54) is 18.5 Å². The molecule has 21 heavy (non-hydrogen) atoms. The predicted octanol–water partition coefficient (Wildman–Crippen LogP) is 3.23. The predicted molar refractivity (Wildman–Crippen MR) is 68.8 cm³/mol. The number of halogens is 3. The molecule has 0 saturated heterocycles. The zero-order valence-electron chi connectivity index (χ0n) is 10.5. The molecule has 3 heterocycles. The molecule has 3 rings (SSSR count). The number of carbonyl (C=O) groups is 1. The molecule has 0 amide bonds. The second kappa shape index (κ2) is 4.69. The van der Waals surface area contributed by atoms with Gasteiger partial charge in [-0.15, -0.1) is 0 Å². The van der Waals surface area contributed by atoms with Crippen molar-refractivity contribution in [3.05, 3.63) is 54.1 Å². The summed E-state index contributed by atoms with van der Waals surface area (Å²) in [6.07, 6.45) is -0.0632. The summed E-state index contributed by atoms with van der Waals surface area (Å²) in [6, 6.07) is 5.45. The lowest BCUT2D eigenvalue weighted by atomic mass is 10.1. The van der Waals surface area contributed by atoms with Gasteiger partial charge >= 0.3 is 6.18 Å². The van der Waals surface area contributed by atoms with E-state index in [9.17, 15) is 18.0 Å². The van der Waals surface area contributed by atoms with Gasteiger partial charge in [-0.25, -0.2) is 4.98 Å². The minimum absolute atomic E-state index is 0.0716. The van der Waals surface area contributed by atoms with Gasteiger partial charge in [0.1, 0.15) is 17.0 Å². The van der Waals surface area contributed by atoms with Crippen molar-refractivity contribution >= 4 is 11.9 Å². The van der Waals surface area contributed by atoms with Crippen LogP contribution in [0.1, 0.15) is 16.1 Å². The zero-order chi connectivity index (χ0) is 15.0. The van der Waals surface area contributed by atoms with Gasteiger partial charge in [-0.2, -0.15) is 13.2 Å². The third-order valence-corrected chi connectivity index (χ3v) is 3.05. The molecule has 7 heteroatoms. The van der Waals surface area contributed by atoms with Crippen molar-refractivity contribution < 1.29 is 18.0 Å². The van der Waals surface area contributed by atoms with Crippen LogP contribution in [0.25, 0.3) is 16.9 Å². The molecule has 4 nitrogen and oxygen atoms in total. The van der Waals surface area contributed by atoms with Gasteiger partial charge in [-0.05, 0) is 24.3 Å². The quantitative estimate of drug-likeness (QED) is 0.681. The number of pyridine rings is 2. The average molecular weight is 291 g/mol. The summed E-state index contributed by atoms with van der Waals surface area (Å²) in [7, 11) is 0. The first kappa shape index (κ1) is 13.3. The van der Waals surface area contributed by atoms with Gasteiger partial charge in [-0.3, -0.25) is 14.2 Å². The smallest absolute Gasteiger partial charge is 0.296 e. The first-order valence-electron chi connectivity index (χ1n) is 5.95. The van der Waals surface area contributed by atoms with Crippen LogP contribution in [-0.4, -0.2) is 20.7 Å². The molecule has 3 aromatic rings. The minimum atomic E-state index is -4.48. The van der Waals surface area contributed by atoms with Crippen LogP contribution in [-0.2, 0) is 6.18 Å². The normalized spacial score (nSPS) is 11.8. The lowest BCUT2D eigenvalue weighted by Crippen LogP contribution is -2.06. The second-order valence-electron chi connectivity index (χ2n) is 4.34. The van der Waals surface area contributed by atoms with Gasteiger partial charge in [0.15, 0.2) is 6.29 Å². The molecular weight excluding hydrogens is 283 g/mol. The number of alkyl halides is 3. The largest absolute Gasteiger partial charge is 0.417 e. The monoisotopic (exact) mass is 291 g/mol. The maximum Gasteiger partial charge on any atom is 0.417 e. The Hall–Kier alpha value is -2.70. The topological polar surface area (TPSA) is 47.3 Å². The van der Waals surface area contributed by atoms with Crippen molar-refractivity contribution in [1.29, 1.82) is 0 Å². The van der Waals surface area contributed by atoms with Crippen LogP contribution in [0.15, 0.2) is 42.9 Å². The molecule has 0 N–H and O–H groups in total. The highest BCUT2D eigenvalue weighted by Gasteiger charge is 2.31. The van der Waals surface area contributed by atoms with Gasteiger partial charge < -0.3 is 0 Å². The van der Waals surface area contributed by atoms with E-state index >= 15 is 0 Å². The summed E-state index contributed by atoms with van der Waals surface area (Å²) < 4.78 is 39.4. The second-order valence-corrected chi connectivity index (χ2v) is 4.34. The maximum atomic E-state index is 12.8. The van der Waals surface area contributed by atoms with Crippen LogP contribution in [0.4, 0.5) is 13.2 Å². The molecule has 0 unspecified atom stereocenters. The van der Waals surface area contributed by atoms with Gasteiger partial charge in [0.25, 0.3) is 0 Å². The van der Waals surface area contributed by atoms with Gasteiger partial charge in [0.05, 0.1) is 5.56 Å². The molecule has 0 radical (unpaired) electrons. The molecule has 0 aliphatic heterocycles. The van der Waals surface area contributed by atoms with Crippen molar-refractivity contribution in [3.63, 3.8) is 0 Å². The Balaban J connectivity index is 2.27. The fourth-order valence-corrected chi connectivity index (χ4v) is 2.07. The fraction of sp³-hybridized carbons (Fsp3) is 0.0714. The number of aromatic nitrogens is 3. The number of hydrogen-bond acceptors (Lipinski definition) is 3. The van der Waals surface area contributed by atoms with Crippen LogP contribution in [0, 0.1) is 0 Å². The zero-order valence-corrected chi connectivity index (χ0v) is 10.5. The van der Waals surface area contributed by atoms with Gasteiger partial charge in [0, 0.05) is 24.2 Å². The number of aldehydes is 1. The van der Waals surface area contributed by atoms with Crippen LogP contribution in [0.2, 0.25) is 0 Å². The van der Waals surface area contributed by atoms with E-state index in [0.29, 0.717) is 17.5 Å². The molecule has 0 fully saturated rings. The molecule has 0 aliphatic rings. The Bertz CT molecular complexity index is 809. The Kier molecular flexibility index (Phi) is 2.97. The maximum absolute atomic E-state index is 12.8. The molecule has 106 valence electrons. The third-order valence-electron chi connectivity index (χ3n) is 3.05. The SMILES string of the molecule is O=Cc1c(-c2ccncc2)nc2ccc(C(F)(F)F)cn12. The van der Waals surface area contributed by atoms with E-state index in [-0.39, 0.29) is 11.3 Å². The van der Waals surface area contributed by atoms with Crippen molar-refractivity contribution in [2.24, 2.45) is 0 Å². The Labute approximate surface area is 116 Å². The van der Waals surface area contributed by atoms with E-state index in [1.807, 2.05) is 0 Å². The van der Waals surface area contributed by atoms with Crippen molar-refractivity contribution in [3.8, 4) is 11.3 Å². The van der Waals surface area contributed by atoms with Crippen molar-refractivity contribution in [1.82, 2.24) is 14.4 Å². The van der Waals surface area contributed by atoms with E-state index in [1.54, 1.807) is 12.1 Å². The Morgan fingerprint density at radius 2 is 1.81 bits per heavy atom. The Morgan fingerprint density at radius 1 is 1.10 bits per heavy atom. The van der Waals surface area contributed by atoms with Crippen molar-refractivity contribution in [2.45, 2.75) is 6.18 Å². The van der Waals surface area contributed by atoms with Crippen molar-refractivity contribution in [2.75, 3.05) is 0 Å². The van der Waals surface area contributed by atoms with Crippen LogP contribution in [0.5, 0.6) is 0 Å². The fourth-order valence-electron chi connectivity index (χ4n) is 2.07. The molecule has 0 aromatic carbocycles. The molecule has 0 bridgehead atoms. The number of fused-ring (bicyclic) bond motifs is 1. The highest BCUT2D eigenvalue weighted by atomic mass is 19.4. The number of imidazole rings is 1. The van der Waals surface area contributed by atoms with E-state index in [0.717, 1.165) is 16.7 Å². The molecular formula is C14H8F3N3O. The number of carbonyl (C=O) groups excluding carboxylic acids is 1. The van der Waals surface area contributed by atoms with E-state index < -0.39 is 11.7 Å². The standard InChI is InChI=1S/C14H8F3N3O/c15-14(16,17)10-1-2-12-19-13(9-3-5-18-6-4-9)11(8-21)20(12)7-10/h1-8H. The van der Waals surface area contributed by atoms with Gasteiger partial charge in [0.2, 0.25) is 0 Å². The number of hydrogen-bond donors (Lipinski definition) is 0. The molecule has 3 aromatic heterocycles. The lowest BCUT2D eigenvalue weighted by molar-refractivity contribution is -0.137. The first-order chi connectivity index (χ1) is 10.0. The van der Waals surface area contributed by atoms with Crippen LogP contribution < -0.4 is 0 Å². The summed E-state index contributed by atoms with van der Waals surface area (Å²) in [5.74, 6) is 0. The summed E-state index contributed by atoms with van der Waals surface area (Å²) in [6.45, 7) is 0. The molecule has 0 spiro atoms. The highest BCUT2D eigenvalue weighted by Crippen LogP contribution is 2.31. The van der Waals surface area contributed by atoms with Gasteiger partial charge in [-0.1, -0.05) is 0 Å². The lowest BCUT2D eigenvalue weighted by Gasteiger charge is -2.06. The van der Waals surface area contributed by atoms with Crippen LogP contribution >= 0.6 is 0 Å². The summed E-state index contributed by atoms with van der Waals surface area (Å²) in [5, 5.41) is 0. The first-order valence-corrected chi connectivity index (χ1v) is 5.95. The highest BCUT2D eigenvalue weighted by molar-refractivity contribution is 5.86. The summed E-state index contributed by atoms with van der Waals surface area (Å²) in [4.78, 5) is 19.3. The third kappa shape index (κ3) is 2.26. The average Bonchev–Trinajstić information content (AvgIpc) is 2.84. The van der Waals surface area contributed by atoms with E-state index in [2.05, 4.69) is 9.97 Å². The Morgan fingerprint density at radius 3 is 2.43 bits per heavy atom. The van der Waals surface area contributed by atoms with Crippen LogP contribution in [0.3, 0.4) is 0 Å². The summed E-state index contributed by atoms with van der Waals surface area (Å²) in [5.41, 5.74) is 0.451. The molecule has 0 aliphatic carbocycles. The van der Waals surface area contributed by atoms with E-state index in [4.69, 9.17) is 0 Å².